The number of aromatic hydroxyl groups is 1. The Labute approximate surface area is 161 Å². The number of aryl methyl sites for hydroxylation is 1. The van der Waals surface area contributed by atoms with E-state index in [4.69, 9.17) is 9.73 Å². The Morgan fingerprint density at radius 2 is 1.96 bits per heavy atom. The van der Waals surface area contributed by atoms with Gasteiger partial charge in [-0.15, -0.1) is 0 Å². The number of para-hydroxylation sites is 2. The number of aliphatic imine (C=N–C) groups is 1. The van der Waals surface area contributed by atoms with E-state index in [1.807, 2.05) is 18.2 Å². The van der Waals surface area contributed by atoms with Crippen molar-refractivity contribution in [2.75, 3.05) is 18.5 Å². The largest absolute Gasteiger partial charge is 0.506 e. The van der Waals surface area contributed by atoms with Crippen LogP contribution in [-0.4, -0.2) is 36.4 Å². The lowest BCUT2D eigenvalue weighted by Gasteiger charge is -2.19. The second kappa shape index (κ2) is 9.97. The molecule has 3 rings (SSSR count). The van der Waals surface area contributed by atoms with Crippen molar-refractivity contribution in [2.24, 2.45) is 4.99 Å². The molecule has 0 spiro atoms. The fraction of sp³-hybridized carbons (Fsp3) is 0.409. The first-order valence-electron chi connectivity index (χ1n) is 9.72. The summed E-state index contributed by atoms with van der Waals surface area (Å²) < 4.78 is 5.68. The average molecular weight is 367 g/mol. The minimum Gasteiger partial charge on any atom is -0.506 e. The van der Waals surface area contributed by atoms with Crippen LogP contribution in [0.4, 0.5) is 5.69 Å². The Hall–Kier alpha value is -2.53. The van der Waals surface area contributed by atoms with E-state index in [-0.39, 0.29) is 17.9 Å². The first kappa shape index (κ1) is 19.2. The molecule has 5 heteroatoms. The van der Waals surface area contributed by atoms with Crippen LogP contribution in [0.1, 0.15) is 31.7 Å². The van der Waals surface area contributed by atoms with Crippen LogP contribution in [0.5, 0.6) is 5.75 Å². The minimum atomic E-state index is 0.188. The van der Waals surface area contributed by atoms with E-state index in [1.165, 1.54) is 5.56 Å². The van der Waals surface area contributed by atoms with Crippen LogP contribution in [0.25, 0.3) is 0 Å². The van der Waals surface area contributed by atoms with E-state index in [1.54, 1.807) is 12.1 Å². The second-order valence-electron chi connectivity index (χ2n) is 7.04. The number of ether oxygens (including phenoxy) is 1. The highest BCUT2D eigenvalue weighted by molar-refractivity contribution is 5.95. The Morgan fingerprint density at radius 3 is 2.70 bits per heavy atom. The molecule has 1 aliphatic heterocycles. The molecule has 2 aromatic carbocycles. The fourth-order valence-electron chi connectivity index (χ4n) is 3.14. The molecule has 2 unspecified atom stereocenters. The van der Waals surface area contributed by atoms with Crippen LogP contribution in [0.3, 0.4) is 0 Å². The van der Waals surface area contributed by atoms with Gasteiger partial charge in [-0.25, -0.2) is 0 Å². The SMILES string of the molecule is CC(CCc1ccccc1)NC(=NCC1CCCO1)Nc1ccccc1O. The van der Waals surface area contributed by atoms with Gasteiger partial charge in [-0.3, -0.25) is 4.99 Å². The van der Waals surface area contributed by atoms with E-state index in [0.717, 1.165) is 32.3 Å². The molecular weight excluding hydrogens is 338 g/mol. The maximum Gasteiger partial charge on any atom is 0.196 e. The van der Waals surface area contributed by atoms with Crippen molar-refractivity contribution in [1.29, 1.82) is 0 Å². The fourth-order valence-corrected chi connectivity index (χ4v) is 3.14. The molecule has 144 valence electrons. The molecule has 0 bridgehead atoms. The van der Waals surface area contributed by atoms with Crippen molar-refractivity contribution in [1.82, 2.24) is 5.32 Å². The molecule has 5 nitrogen and oxygen atoms in total. The van der Waals surface area contributed by atoms with Crippen LogP contribution in [-0.2, 0) is 11.2 Å². The van der Waals surface area contributed by atoms with Gasteiger partial charge in [-0.05, 0) is 50.3 Å². The number of phenolic OH excluding ortho intramolecular Hbond substituents is 1. The molecule has 1 heterocycles. The highest BCUT2D eigenvalue weighted by atomic mass is 16.5. The molecule has 3 N–H and O–H groups in total. The lowest BCUT2D eigenvalue weighted by molar-refractivity contribution is 0.118. The first-order valence-corrected chi connectivity index (χ1v) is 9.72. The molecule has 1 fully saturated rings. The van der Waals surface area contributed by atoms with E-state index in [2.05, 4.69) is 41.8 Å². The van der Waals surface area contributed by atoms with Crippen molar-refractivity contribution in [3.63, 3.8) is 0 Å². The summed E-state index contributed by atoms with van der Waals surface area (Å²) in [5, 5.41) is 16.7. The molecule has 1 saturated heterocycles. The van der Waals surface area contributed by atoms with Gasteiger partial charge >= 0.3 is 0 Å². The maximum atomic E-state index is 10.1. The van der Waals surface area contributed by atoms with Crippen molar-refractivity contribution in [3.8, 4) is 5.75 Å². The minimum absolute atomic E-state index is 0.188. The van der Waals surface area contributed by atoms with E-state index in [0.29, 0.717) is 18.2 Å². The van der Waals surface area contributed by atoms with Gasteiger partial charge < -0.3 is 20.5 Å². The van der Waals surface area contributed by atoms with Gasteiger partial charge in [-0.1, -0.05) is 42.5 Å². The third kappa shape index (κ3) is 6.29. The summed E-state index contributed by atoms with van der Waals surface area (Å²) in [6, 6.07) is 17.9. The third-order valence-electron chi connectivity index (χ3n) is 4.73. The van der Waals surface area contributed by atoms with Gasteiger partial charge in [-0.2, -0.15) is 0 Å². The molecule has 0 aliphatic carbocycles. The smallest absolute Gasteiger partial charge is 0.196 e. The topological polar surface area (TPSA) is 65.9 Å². The van der Waals surface area contributed by atoms with E-state index < -0.39 is 0 Å². The standard InChI is InChI=1S/C22H29N3O2/c1-17(13-14-18-8-3-2-4-9-18)24-22(23-16-19-10-7-15-27-19)25-20-11-5-6-12-21(20)26/h2-6,8-9,11-12,17,19,26H,7,10,13-16H2,1H3,(H2,23,24,25). The monoisotopic (exact) mass is 367 g/mol. The number of guanidine groups is 1. The zero-order chi connectivity index (χ0) is 18.9. The van der Waals surface area contributed by atoms with E-state index >= 15 is 0 Å². The number of phenols is 1. The number of hydrogen-bond acceptors (Lipinski definition) is 3. The normalized spacial score (nSPS) is 18.3. The molecule has 2 atom stereocenters. The Kier molecular flexibility index (Phi) is 7.11. The van der Waals surface area contributed by atoms with Gasteiger partial charge in [0.2, 0.25) is 0 Å². The lowest BCUT2D eigenvalue weighted by Crippen LogP contribution is -2.38. The maximum absolute atomic E-state index is 10.1. The summed E-state index contributed by atoms with van der Waals surface area (Å²) >= 11 is 0. The van der Waals surface area contributed by atoms with Gasteiger partial charge in [0, 0.05) is 12.6 Å². The highest BCUT2D eigenvalue weighted by Crippen LogP contribution is 2.21. The van der Waals surface area contributed by atoms with Crippen LogP contribution < -0.4 is 10.6 Å². The number of anilines is 1. The second-order valence-corrected chi connectivity index (χ2v) is 7.04. The lowest BCUT2D eigenvalue weighted by atomic mass is 10.1. The summed E-state index contributed by atoms with van der Waals surface area (Å²) in [6.45, 7) is 3.59. The van der Waals surface area contributed by atoms with Crippen molar-refractivity contribution in [2.45, 2.75) is 44.8 Å². The predicted octanol–water partition coefficient (Wildman–Crippen LogP) is 3.95. The summed E-state index contributed by atoms with van der Waals surface area (Å²) in [6.07, 6.45) is 4.34. The third-order valence-corrected chi connectivity index (χ3v) is 4.73. The van der Waals surface area contributed by atoms with Crippen molar-refractivity contribution >= 4 is 11.6 Å². The van der Waals surface area contributed by atoms with Gasteiger partial charge in [0.15, 0.2) is 5.96 Å². The molecule has 1 aliphatic rings. The number of hydrogen-bond donors (Lipinski definition) is 3. The first-order chi connectivity index (χ1) is 13.2. The molecule has 0 amide bonds. The van der Waals surface area contributed by atoms with E-state index in [9.17, 15) is 5.11 Å². The number of benzene rings is 2. The molecule has 0 radical (unpaired) electrons. The molecule has 27 heavy (non-hydrogen) atoms. The molecule has 2 aromatic rings. The van der Waals surface area contributed by atoms with Crippen molar-refractivity contribution in [3.05, 3.63) is 60.2 Å². The Morgan fingerprint density at radius 1 is 1.19 bits per heavy atom. The van der Waals surface area contributed by atoms with Crippen LogP contribution >= 0.6 is 0 Å². The molecular formula is C22H29N3O2. The number of nitrogens with one attached hydrogen (secondary N) is 2. The van der Waals surface area contributed by atoms with Crippen molar-refractivity contribution < 1.29 is 9.84 Å². The Balaban J connectivity index is 1.61. The van der Waals surface area contributed by atoms with Gasteiger partial charge in [0.25, 0.3) is 0 Å². The van der Waals surface area contributed by atoms with Gasteiger partial charge in [0.1, 0.15) is 5.75 Å². The summed E-state index contributed by atoms with van der Waals surface area (Å²) in [5.41, 5.74) is 1.98. The zero-order valence-electron chi connectivity index (χ0n) is 15.9. The zero-order valence-corrected chi connectivity index (χ0v) is 15.9. The van der Waals surface area contributed by atoms with Crippen LogP contribution in [0.15, 0.2) is 59.6 Å². The average Bonchev–Trinajstić information content (AvgIpc) is 3.21. The highest BCUT2D eigenvalue weighted by Gasteiger charge is 2.16. The van der Waals surface area contributed by atoms with Gasteiger partial charge in [0.05, 0.1) is 18.3 Å². The Bertz CT molecular complexity index is 727. The summed E-state index contributed by atoms with van der Waals surface area (Å²) in [7, 11) is 0. The van der Waals surface area contributed by atoms with Crippen LogP contribution in [0.2, 0.25) is 0 Å². The number of rotatable bonds is 7. The molecule has 0 aromatic heterocycles. The predicted molar refractivity (Wildman–Crippen MR) is 110 cm³/mol. The summed E-state index contributed by atoms with van der Waals surface area (Å²) in [5.74, 6) is 0.883. The molecule has 0 saturated carbocycles. The number of nitrogens with zero attached hydrogens (tertiary/aromatic N) is 1. The van der Waals surface area contributed by atoms with Crippen LogP contribution in [0, 0.1) is 0 Å². The summed E-state index contributed by atoms with van der Waals surface area (Å²) in [4.78, 5) is 4.70. The quantitative estimate of drug-likeness (QED) is 0.394.